The lowest BCUT2D eigenvalue weighted by Crippen LogP contribution is -2.19. The summed E-state index contributed by atoms with van der Waals surface area (Å²) in [4.78, 5) is 0. The smallest absolute Gasteiger partial charge is 0.118 e. The van der Waals surface area contributed by atoms with Gasteiger partial charge < -0.3 is 10.1 Å². The Morgan fingerprint density at radius 1 is 1.00 bits per heavy atom. The normalized spacial score (nSPS) is 12.1. The van der Waals surface area contributed by atoms with Gasteiger partial charge in [0.15, 0.2) is 0 Å². The maximum Gasteiger partial charge on any atom is 0.118 e. The number of nitrogens with one attached hydrogen (secondary N) is 1. The second-order valence-corrected chi connectivity index (χ2v) is 4.79. The Kier molecular flexibility index (Phi) is 4.99. The lowest BCUT2D eigenvalue weighted by atomic mass is 10.0. The summed E-state index contributed by atoms with van der Waals surface area (Å²) in [6.45, 7) is 4.13. The highest BCUT2D eigenvalue weighted by molar-refractivity contribution is 5.29. The van der Waals surface area contributed by atoms with Crippen molar-refractivity contribution in [1.29, 1.82) is 0 Å². The van der Waals surface area contributed by atoms with Gasteiger partial charge in [-0.1, -0.05) is 49.4 Å². The predicted molar refractivity (Wildman–Crippen MR) is 79.6 cm³/mol. The Labute approximate surface area is 115 Å². The first-order valence-electron chi connectivity index (χ1n) is 6.68. The zero-order chi connectivity index (χ0) is 13.5. The third kappa shape index (κ3) is 4.11. The highest BCUT2D eigenvalue weighted by Crippen LogP contribution is 2.18. The topological polar surface area (TPSA) is 21.3 Å². The molecule has 2 nitrogen and oxygen atoms in total. The number of rotatable bonds is 6. The third-order valence-corrected chi connectivity index (χ3v) is 3.31. The van der Waals surface area contributed by atoms with Crippen LogP contribution in [-0.2, 0) is 6.54 Å². The van der Waals surface area contributed by atoms with E-state index in [9.17, 15) is 0 Å². The van der Waals surface area contributed by atoms with Crippen LogP contribution in [0.4, 0.5) is 0 Å². The molecule has 0 unspecified atom stereocenters. The van der Waals surface area contributed by atoms with Crippen molar-refractivity contribution in [3.05, 3.63) is 65.7 Å². The summed E-state index contributed by atoms with van der Waals surface area (Å²) in [7, 11) is 1.69. The largest absolute Gasteiger partial charge is 0.497 e. The van der Waals surface area contributed by atoms with Gasteiger partial charge in [0.1, 0.15) is 5.75 Å². The van der Waals surface area contributed by atoms with Gasteiger partial charge in [0, 0.05) is 13.1 Å². The minimum Gasteiger partial charge on any atom is -0.497 e. The van der Waals surface area contributed by atoms with E-state index in [-0.39, 0.29) is 0 Å². The van der Waals surface area contributed by atoms with Crippen LogP contribution >= 0.6 is 0 Å². The van der Waals surface area contributed by atoms with E-state index in [0.717, 1.165) is 18.8 Å². The molecule has 2 heteroatoms. The fourth-order valence-electron chi connectivity index (χ4n) is 2.08. The number of methoxy groups -OCH3 is 1. The molecule has 0 heterocycles. The van der Waals surface area contributed by atoms with Crippen molar-refractivity contribution in [3.63, 3.8) is 0 Å². The van der Waals surface area contributed by atoms with Crippen LogP contribution in [0.3, 0.4) is 0 Å². The molecule has 0 amide bonds. The zero-order valence-corrected chi connectivity index (χ0v) is 11.6. The van der Waals surface area contributed by atoms with Crippen LogP contribution in [0.2, 0.25) is 0 Å². The van der Waals surface area contributed by atoms with Gasteiger partial charge in [0.25, 0.3) is 0 Å². The average molecular weight is 255 g/mol. The Hall–Kier alpha value is -1.80. The van der Waals surface area contributed by atoms with Crippen molar-refractivity contribution in [3.8, 4) is 5.75 Å². The van der Waals surface area contributed by atoms with Crippen molar-refractivity contribution in [2.45, 2.75) is 19.4 Å². The predicted octanol–water partition coefficient (Wildman–Crippen LogP) is 3.59. The summed E-state index contributed by atoms with van der Waals surface area (Å²) >= 11 is 0. The molecule has 0 saturated heterocycles. The van der Waals surface area contributed by atoms with Gasteiger partial charge in [-0.15, -0.1) is 0 Å². The van der Waals surface area contributed by atoms with Gasteiger partial charge in [-0.2, -0.15) is 0 Å². The van der Waals surface area contributed by atoms with Gasteiger partial charge in [0.05, 0.1) is 7.11 Å². The Bertz CT molecular complexity index is 478. The molecular formula is C17H21NO. The molecule has 100 valence electrons. The molecule has 0 radical (unpaired) electrons. The van der Waals surface area contributed by atoms with Gasteiger partial charge >= 0.3 is 0 Å². The summed E-state index contributed by atoms with van der Waals surface area (Å²) in [5.74, 6) is 1.41. The maximum absolute atomic E-state index is 5.17. The molecule has 0 bridgehead atoms. The molecule has 0 aliphatic heterocycles. The number of hydrogen-bond donors (Lipinski definition) is 1. The van der Waals surface area contributed by atoms with Gasteiger partial charge in [-0.05, 0) is 29.2 Å². The monoisotopic (exact) mass is 255 g/mol. The fraction of sp³-hybridized carbons (Fsp3) is 0.294. The first kappa shape index (κ1) is 13.6. The van der Waals surface area contributed by atoms with Crippen molar-refractivity contribution in [1.82, 2.24) is 5.32 Å². The Morgan fingerprint density at radius 3 is 2.32 bits per heavy atom. The Morgan fingerprint density at radius 2 is 1.68 bits per heavy atom. The van der Waals surface area contributed by atoms with E-state index in [1.54, 1.807) is 7.11 Å². The highest BCUT2D eigenvalue weighted by atomic mass is 16.5. The molecule has 0 saturated carbocycles. The summed E-state index contributed by atoms with van der Waals surface area (Å²) in [5, 5.41) is 3.50. The van der Waals surface area contributed by atoms with E-state index in [0.29, 0.717) is 5.92 Å². The Balaban J connectivity index is 1.82. The number of hydrogen-bond acceptors (Lipinski definition) is 2. The molecule has 19 heavy (non-hydrogen) atoms. The van der Waals surface area contributed by atoms with Crippen LogP contribution in [0.5, 0.6) is 5.75 Å². The van der Waals surface area contributed by atoms with E-state index in [2.05, 4.69) is 48.6 Å². The summed E-state index contributed by atoms with van der Waals surface area (Å²) < 4.78 is 5.17. The van der Waals surface area contributed by atoms with Crippen molar-refractivity contribution < 1.29 is 4.74 Å². The fourth-order valence-corrected chi connectivity index (χ4v) is 2.08. The average Bonchev–Trinajstić information content (AvgIpc) is 2.48. The molecule has 1 N–H and O–H groups in total. The SMILES string of the molecule is COc1ccc([C@H](C)CNCc2ccccc2)cc1. The van der Waals surface area contributed by atoms with Gasteiger partial charge in [-0.3, -0.25) is 0 Å². The number of ether oxygens (including phenoxy) is 1. The van der Waals surface area contributed by atoms with Gasteiger partial charge in [0.2, 0.25) is 0 Å². The van der Waals surface area contributed by atoms with Crippen LogP contribution in [-0.4, -0.2) is 13.7 Å². The maximum atomic E-state index is 5.17. The van der Waals surface area contributed by atoms with Crippen LogP contribution in [0.1, 0.15) is 24.0 Å². The second-order valence-electron chi connectivity index (χ2n) is 4.79. The molecule has 2 aromatic rings. The summed E-state index contributed by atoms with van der Waals surface area (Å²) in [5.41, 5.74) is 2.66. The molecule has 2 rings (SSSR count). The molecule has 0 aliphatic rings. The lowest BCUT2D eigenvalue weighted by molar-refractivity contribution is 0.414. The minimum atomic E-state index is 0.495. The lowest BCUT2D eigenvalue weighted by Gasteiger charge is -2.13. The summed E-state index contributed by atoms with van der Waals surface area (Å²) in [6.07, 6.45) is 0. The van der Waals surface area contributed by atoms with E-state index < -0.39 is 0 Å². The number of benzene rings is 2. The first-order valence-corrected chi connectivity index (χ1v) is 6.68. The molecule has 2 aromatic carbocycles. The molecular weight excluding hydrogens is 234 g/mol. The van der Waals surface area contributed by atoms with E-state index in [1.165, 1.54) is 11.1 Å². The zero-order valence-electron chi connectivity index (χ0n) is 11.6. The molecule has 0 aromatic heterocycles. The van der Waals surface area contributed by atoms with Crippen LogP contribution < -0.4 is 10.1 Å². The third-order valence-electron chi connectivity index (χ3n) is 3.31. The molecule has 0 aliphatic carbocycles. The van der Waals surface area contributed by atoms with Crippen LogP contribution in [0, 0.1) is 0 Å². The molecule has 1 atom stereocenters. The van der Waals surface area contributed by atoms with Crippen molar-refractivity contribution in [2.75, 3.05) is 13.7 Å². The van der Waals surface area contributed by atoms with Crippen LogP contribution in [0.25, 0.3) is 0 Å². The molecule has 0 spiro atoms. The van der Waals surface area contributed by atoms with E-state index in [4.69, 9.17) is 4.74 Å². The van der Waals surface area contributed by atoms with Crippen LogP contribution in [0.15, 0.2) is 54.6 Å². The second kappa shape index (κ2) is 6.95. The first-order chi connectivity index (χ1) is 9.29. The van der Waals surface area contributed by atoms with E-state index >= 15 is 0 Å². The summed E-state index contributed by atoms with van der Waals surface area (Å²) in [6, 6.07) is 18.8. The van der Waals surface area contributed by atoms with Crippen molar-refractivity contribution in [2.24, 2.45) is 0 Å². The quantitative estimate of drug-likeness (QED) is 0.851. The molecule has 0 fully saturated rings. The highest BCUT2D eigenvalue weighted by Gasteiger charge is 2.05. The van der Waals surface area contributed by atoms with Gasteiger partial charge in [-0.25, -0.2) is 0 Å². The minimum absolute atomic E-state index is 0.495. The van der Waals surface area contributed by atoms with Crippen molar-refractivity contribution >= 4 is 0 Å². The standard InChI is InChI=1S/C17H21NO/c1-14(16-8-10-17(19-2)11-9-16)12-18-13-15-6-4-3-5-7-15/h3-11,14,18H,12-13H2,1-2H3/t14-/m1/s1. The van der Waals surface area contributed by atoms with E-state index in [1.807, 2.05) is 18.2 Å².